The Morgan fingerprint density at radius 1 is 1.03 bits per heavy atom. The molecule has 7 nitrogen and oxygen atoms in total. The molecule has 0 bridgehead atoms. The summed E-state index contributed by atoms with van der Waals surface area (Å²) in [6, 6.07) is 11.4. The van der Waals surface area contributed by atoms with E-state index in [2.05, 4.69) is 5.32 Å². The highest BCUT2D eigenvalue weighted by molar-refractivity contribution is 7.92. The van der Waals surface area contributed by atoms with Crippen molar-refractivity contribution in [1.29, 1.82) is 0 Å². The van der Waals surface area contributed by atoms with Gasteiger partial charge in [-0.2, -0.15) is 0 Å². The van der Waals surface area contributed by atoms with Crippen LogP contribution in [0.25, 0.3) is 0 Å². The number of sulfonamides is 1. The summed E-state index contributed by atoms with van der Waals surface area (Å²) in [4.78, 5) is 27.3. The van der Waals surface area contributed by atoms with Gasteiger partial charge in [0.25, 0.3) is 0 Å². The molecular formula is C24H31F2N3O4S. The van der Waals surface area contributed by atoms with Crippen molar-refractivity contribution in [3.8, 4) is 0 Å². The monoisotopic (exact) mass is 495 g/mol. The number of hydrogen-bond acceptors (Lipinski definition) is 4. The summed E-state index contributed by atoms with van der Waals surface area (Å²) in [5, 5.41) is 2.76. The summed E-state index contributed by atoms with van der Waals surface area (Å²) < 4.78 is 52.4. The average molecular weight is 496 g/mol. The van der Waals surface area contributed by atoms with Crippen molar-refractivity contribution < 1.29 is 26.8 Å². The van der Waals surface area contributed by atoms with E-state index in [9.17, 15) is 26.8 Å². The van der Waals surface area contributed by atoms with Crippen LogP contribution in [0.1, 0.15) is 38.7 Å². The molecule has 0 aliphatic heterocycles. The largest absolute Gasteiger partial charge is 0.355 e. The Morgan fingerprint density at radius 2 is 1.71 bits per heavy atom. The van der Waals surface area contributed by atoms with E-state index in [0.717, 1.165) is 28.3 Å². The van der Waals surface area contributed by atoms with Crippen molar-refractivity contribution >= 4 is 27.5 Å². The van der Waals surface area contributed by atoms with Crippen molar-refractivity contribution in [2.24, 2.45) is 0 Å². The highest BCUT2D eigenvalue weighted by Gasteiger charge is 2.28. The maximum absolute atomic E-state index is 13.7. The number of likely N-dealkylation sites (N-methyl/N-ethyl adjacent to an activating group) is 1. The lowest BCUT2D eigenvalue weighted by molar-refractivity contribution is -0.141. The molecule has 0 unspecified atom stereocenters. The molecule has 0 aromatic heterocycles. The molecule has 0 radical (unpaired) electrons. The first kappa shape index (κ1) is 27.2. The Labute approximate surface area is 199 Å². The number of benzene rings is 2. The molecule has 34 heavy (non-hydrogen) atoms. The number of carbonyl (C=O) groups excluding carboxylic acids is 2. The van der Waals surface area contributed by atoms with Crippen molar-refractivity contribution in [1.82, 2.24) is 10.2 Å². The number of rotatable bonds is 12. The maximum atomic E-state index is 13.7. The molecule has 0 aliphatic rings. The lowest BCUT2D eigenvalue weighted by Gasteiger charge is -2.31. The minimum absolute atomic E-state index is 0.0243. The minimum atomic E-state index is -3.80. The zero-order valence-electron chi connectivity index (χ0n) is 19.6. The van der Waals surface area contributed by atoms with Crippen molar-refractivity contribution in [3.63, 3.8) is 0 Å². The summed E-state index contributed by atoms with van der Waals surface area (Å²) in [5.41, 5.74) is 0.835. The SMILES string of the molecule is CCNC(=O)[C@H](CC)N(Cc1ccccc1)C(=O)CCCN(c1ccc(F)c(F)c1)S(C)(=O)=O. The van der Waals surface area contributed by atoms with E-state index in [1.54, 1.807) is 6.92 Å². The number of amides is 2. The van der Waals surface area contributed by atoms with Crippen LogP contribution in [0.5, 0.6) is 0 Å². The summed E-state index contributed by atoms with van der Waals surface area (Å²) in [7, 11) is -3.80. The zero-order chi connectivity index (χ0) is 25.3. The predicted octanol–water partition coefficient (Wildman–Crippen LogP) is 3.45. The molecule has 186 valence electrons. The van der Waals surface area contributed by atoms with Gasteiger partial charge in [0, 0.05) is 32.1 Å². The van der Waals surface area contributed by atoms with Gasteiger partial charge in [0.15, 0.2) is 11.6 Å². The molecule has 1 atom stereocenters. The Kier molecular flexibility index (Phi) is 9.97. The Bertz CT molecular complexity index is 1080. The van der Waals surface area contributed by atoms with Gasteiger partial charge in [-0.3, -0.25) is 13.9 Å². The number of carbonyl (C=O) groups is 2. The third kappa shape index (κ3) is 7.51. The van der Waals surface area contributed by atoms with Gasteiger partial charge in [-0.05, 0) is 37.5 Å². The van der Waals surface area contributed by atoms with Gasteiger partial charge >= 0.3 is 0 Å². The predicted molar refractivity (Wildman–Crippen MR) is 128 cm³/mol. The normalized spacial score (nSPS) is 12.1. The molecule has 0 saturated heterocycles. The van der Waals surface area contributed by atoms with E-state index in [4.69, 9.17) is 0 Å². The van der Waals surface area contributed by atoms with Crippen LogP contribution >= 0.6 is 0 Å². The number of hydrogen-bond donors (Lipinski definition) is 1. The van der Waals surface area contributed by atoms with Gasteiger partial charge < -0.3 is 10.2 Å². The Hall–Kier alpha value is -3.01. The van der Waals surface area contributed by atoms with Crippen molar-refractivity contribution in [3.05, 3.63) is 65.7 Å². The van der Waals surface area contributed by atoms with E-state index in [1.807, 2.05) is 37.3 Å². The molecule has 0 saturated carbocycles. The highest BCUT2D eigenvalue weighted by Crippen LogP contribution is 2.22. The molecule has 10 heteroatoms. The smallest absolute Gasteiger partial charge is 0.242 e. The second-order valence-corrected chi connectivity index (χ2v) is 9.77. The standard InChI is InChI=1S/C24H31F2N3O4S/c1-4-22(24(31)27-5-2)28(17-18-10-7-6-8-11-18)23(30)12-9-15-29(34(3,32)33)19-13-14-20(25)21(26)16-19/h6-8,10-11,13-14,16,22H,4-5,9,12,15,17H2,1-3H3,(H,27,31)/t22-/m0/s1. The summed E-state index contributed by atoms with van der Waals surface area (Å²) in [6.45, 7) is 4.17. The molecule has 0 fully saturated rings. The van der Waals surface area contributed by atoms with E-state index < -0.39 is 27.7 Å². The summed E-state index contributed by atoms with van der Waals surface area (Å²) in [6.07, 6.45) is 1.47. The third-order valence-corrected chi connectivity index (χ3v) is 6.47. The molecule has 0 heterocycles. The van der Waals surface area contributed by atoms with Crippen LogP contribution in [-0.4, -0.2) is 50.5 Å². The maximum Gasteiger partial charge on any atom is 0.242 e. The van der Waals surface area contributed by atoms with E-state index in [-0.39, 0.29) is 43.4 Å². The number of nitrogens with zero attached hydrogens (tertiary/aromatic N) is 2. The zero-order valence-corrected chi connectivity index (χ0v) is 20.4. The van der Waals surface area contributed by atoms with Crippen LogP contribution < -0.4 is 9.62 Å². The second kappa shape index (κ2) is 12.5. The van der Waals surface area contributed by atoms with Crippen molar-refractivity contribution in [2.75, 3.05) is 23.7 Å². The van der Waals surface area contributed by atoms with E-state index >= 15 is 0 Å². The quantitative estimate of drug-likeness (QED) is 0.489. The molecule has 0 aliphatic carbocycles. The highest BCUT2D eigenvalue weighted by atomic mass is 32.2. The van der Waals surface area contributed by atoms with Crippen molar-refractivity contribution in [2.45, 2.75) is 45.7 Å². The fraction of sp³-hybridized carbons (Fsp3) is 0.417. The van der Waals surface area contributed by atoms with Gasteiger partial charge in [-0.25, -0.2) is 17.2 Å². The van der Waals surface area contributed by atoms with Gasteiger partial charge in [0.1, 0.15) is 6.04 Å². The van der Waals surface area contributed by atoms with Crippen LogP contribution in [0, 0.1) is 11.6 Å². The summed E-state index contributed by atoms with van der Waals surface area (Å²) >= 11 is 0. The molecule has 2 rings (SSSR count). The van der Waals surface area contributed by atoms with E-state index in [0.29, 0.717) is 13.0 Å². The first-order valence-electron chi connectivity index (χ1n) is 11.1. The number of anilines is 1. The first-order chi connectivity index (χ1) is 16.1. The minimum Gasteiger partial charge on any atom is -0.355 e. The molecule has 2 aromatic rings. The molecular weight excluding hydrogens is 464 g/mol. The van der Waals surface area contributed by atoms with Crippen LogP contribution in [0.2, 0.25) is 0 Å². The molecule has 1 N–H and O–H groups in total. The first-order valence-corrected chi connectivity index (χ1v) is 13.0. The fourth-order valence-electron chi connectivity index (χ4n) is 3.64. The third-order valence-electron chi connectivity index (χ3n) is 5.28. The summed E-state index contributed by atoms with van der Waals surface area (Å²) in [5.74, 6) is -2.81. The molecule has 2 aromatic carbocycles. The average Bonchev–Trinajstić information content (AvgIpc) is 2.78. The second-order valence-electron chi connectivity index (χ2n) is 7.86. The van der Waals surface area contributed by atoms with Crippen LogP contribution in [-0.2, 0) is 26.2 Å². The number of halogens is 2. The van der Waals surface area contributed by atoms with Gasteiger partial charge in [-0.15, -0.1) is 0 Å². The molecule has 2 amide bonds. The number of nitrogens with one attached hydrogen (secondary N) is 1. The lowest BCUT2D eigenvalue weighted by atomic mass is 10.1. The van der Waals surface area contributed by atoms with Gasteiger partial charge in [-0.1, -0.05) is 37.3 Å². The van der Waals surface area contributed by atoms with Gasteiger partial charge in [0.2, 0.25) is 21.8 Å². The van der Waals surface area contributed by atoms with Crippen LogP contribution in [0.15, 0.2) is 48.5 Å². The fourth-order valence-corrected chi connectivity index (χ4v) is 4.59. The van der Waals surface area contributed by atoms with Crippen LogP contribution in [0.3, 0.4) is 0 Å². The van der Waals surface area contributed by atoms with Gasteiger partial charge in [0.05, 0.1) is 11.9 Å². The topological polar surface area (TPSA) is 86.8 Å². The van der Waals surface area contributed by atoms with Crippen LogP contribution in [0.4, 0.5) is 14.5 Å². The Balaban J connectivity index is 2.19. The Morgan fingerprint density at radius 3 is 2.26 bits per heavy atom. The lowest BCUT2D eigenvalue weighted by Crippen LogP contribution is -2.49. The van der Waals surface area contributed by atoms with E-state index in [1.165, 1.54) is 11.0 Å². The molecule has 0 spiro atoms.